The predicted molar refractivity (Wildman–Crippen MR) is 100 cm³/mol. The van der Waals surface area contributed by atoms with Crippen molar-refractivity contribution in [3.63, 3.8) is 0 Å². The first-order valence-electron chi connectivity index (χ1n) is 8.88. The summed E-state index contributed by atoms with van der Waals surface area (Å²) in [5.41, 5.74) is 0.559. The van der Waals surface area contributed by atoms with E-state index < -0.39 is 16.1 Å². The number of carbonyl (C=O) groups is 1. The largest absolute Gasteiger partial charge is 0.343 e. The normalized spacial score (nSPS) is 23.2. The van der Waals surface area contributed by atoms with Crippen LogP contribution in [0.3, 0.4) is 0 Å². The van der Waals surface area contributed by atoms with Gasteiger partial charge in [0, 0.05) is 18.0 Å². The number of nitrogens with one attached hydrogen (secondary N) is 1. The molecule has 0 spiro atoms. The second-order valence-corrected chi connectivity index (χ2v) is 9.53. The molecule has 1 aromatic heterocycles. The SMILES string of the molecule is O=C(Nc1nnc(C2CC2)s1)[C@@H]1CCCN1C1=NS(=O)(=O)c2ccccc21. The molecule has 2 aromatic rings. The monoisotopic (exact) mass is 403 g/mol. The van der Waals surface area contributed by atoms with Gasteiger partial charge in [-0.3, -0.25) is 10.1 Å². The first-order chi connectivity index (χ1) is 13.0. The number of aromatic nitrogens is 2. The molecular formula is C17H17N5O3S2. The Morgan fingerprint density at radius 2 is 2.00 bits per heavy atom. The van der Waals surface area contributed by atoms with E-state index in [1.54, 1.807) is 29.2 Å². The van der Waals surface area contributed by atoms with Crippen LogP contribution in [-0.2, 0) is 14.8 Å². The third-order valence-corrected chi connectivity index (χ3v) is 7.36. The molecule has 1 amide bonds. The summed E-state index contributed by atoms with van der Waals surface area (Å²) >= 11 is 1.41. The molecule has 0 unspecified atom stereocenters. The quantitative estimate of drug-likeness (QED) is 0.840. The Balaban J connectivity index is 1.39. The molecule has 2 aliphatic heterocycles. The maximum absolute atomic E-state index is 12.8. The summed E-state index contributed by atoms with van der Waals surface area (Å²) < 4.78 is 28.6. The zero-order valence-electron chi connectivity index (χ0n) is 14.3. The van der Waals surface area contributed by atoms with E-state index in [2.05, 4.69) is 19.9 Å². The summed E-state index contributed by atoms with van der Waals surface area (Å²) in [5.74, 6) is 0.653. The Morgan fingerprint density at radius 3 is 2.81 bits per heavy atom. The number of sulfonamides is 1. The highest BCUT2D eigenvalue weighted by atomic mass is 32.2. The molecule has 3 aliphatic rings. The third kappa shape index (κ3) is 2.92. The fraction of sp³-hybridized carbons (Fsp3) is 0.412. The predicted octanol–water partition coefficient (Wildman–Crippen LogP) is 1.97. The number of carbonyl (C=O) groups excluding carboxylic acids is 1. The lowest BCUT2D eigenvalue weighted by molar-refractivity contribution is -0.119. The highest BCUT2D eigenvalue weighted by Gasteiger charge is 2.39. The average Bonchev–Trinajstić information content (AvgIpc) is 3.10. The van der Waals surface area contributed by atoms with Crippen molar-refractivity contribution in [3.8, 4) is 0 Å². The number of benzene rings is 1. The van der Waals surface area contributed by atoms with Gasteiger partial charge in [-0.15, -0.1) is 14.6 Å². The zero-order chi connectivity index (χ0) is 18.6. The molecule has 1 aliphatic carbocycles. The van der Waals surface area contributed by atoms with Crippen molar-refractivity contribution >= 4 is 38.2 Å². The molecule has 2 fully saturated rings. The summed E-state index contributed by atoms with van der Waals surface area (Å²) in [6.07, 6.45) is 3.70. The van der Waals surface area contributed by atoms with Crippen LogP contribution >= 0.6 is 11.3 Å². The number of rotatable bonds is 3. The standard InChI is InChI=1S/C17H17N5O3S2/c23-15(18-17-20-19-16(26-17)10-7-8-10)12-5-3-9-22(12)14-11-4-1-2-6-13(11)27(24,25)21-14/h1-2,4,6,10,12H,3,5,7-9H2,(H,18,20,23)/t12-/m0/s1. The number of likely N-dealkylation sites (tertiary alicyclic amines) is 1. The van der Waals surface area contributed by atoms with Crippen LogP contribution in [0.4, 0.5) is 5.13 Å². The van der Waals surface area contributed by atoms with Crippen molar-refractivity contribution in [2.45, 2.75) is 42.5 Å². The van der Waals surface area contributed by atoms with Crippen LogP contribution in [0.2, 0.25) is 0 Å². The first-order valence-corrected chi connectivity index (χ1v) is 11.1. The lowest BCUT2D eigenvalue weighted by Gasteiger charge is -2.25. The minimum atomic E-state index is -3.71. The van der Waals surface area contributed by atoms with E-state index in [-0.39, 0.29) is 10.8 Å². The fourth-order valence-electron chi connectivity index (χ4n) is 3.56. The molecule has 8 nitrogen and oxygen atoms in total. The Labute approximate surface area is 160 Å². The lowest BCUT2D eigenvalue weighted by Crippen LogP contribution is -2.43. The summed E-state index contributed by atoms with van der Waals surface area (Å²) in [6.45, 7) is 0.588. The molecule has 0 radical (unpaired) electrons. The van der Waals surface area contributed by atoms with Crippen molar-refractivity contribution in [3.05, 3.63) is 34.8 Å². The topological polar surface area (TPSA) is 105 Å². The molecule has 1 N–H and O–H groups in total. The van der Waals surface area contributed by atoms with Crippen LogP contribution in [0.1, 0.15) is 42.2 Å². The minimum absolute atomic E-state index is 0.198. The van der Waals surface area contributed by atoms with Gasteiger partial charge in [0.15, 0.2) is 5.84 Å². The molecule has 1 atom stereocenters. The van der Waals surface area contributed by atoms with Gasteiger partial charge in [-0.1, -0.05) is 23.5 Å². The lowest BCUT2D eigenvalue weighted by atomic mass is 10.1. The van der Waals surface area contributed by atoms with Crippen LogP contribution in [0.5, 0.6) is 0 Å². The Kier molecular flexibility index (Phi) is 3.80. The van der Waals surface area contributed by atoms with E-state index in [1.807, 2.05) is 0 Å². The molecule has 0 bridgehead atoms. The molecule has 3 heterocycles. The molecular weight excluding hydrogens is 386 g/mol. The highest BCUT2D eigenvalue weighted by molar-refractivity contribution is 7.90. The smallest absolute Gasteiger partial charge is 0.285 e. The van der Waals surface area contributed by atoms with Crippen LogP contribution in [0, 0.1) is 0 Å². The number of amides is 1. The summed E-state index contributed by atoms with van der Waals surface area (Å²) in [6, 6.07) is 6.26. The Morgan fingerprint density at radius 1 is 1.19 bits per heavy atom. The maximum atomic E-state index is 12.8. The zero-order valence-corrected chi connectivity index (χ0v) is 16.0. The second-order valence-electron chi connectivity index (χ2n) is 6.95. The van der Waals surface area contributed by atoms with Gasteiger partial charge in [0.25, 0.3) is 10.0 Å². The number of fused-ring (bicyclic) bond motifs is 1. The fourth-order valence-corrected chi connectivity index (χ4v) is 5.69. The molecule has 1 saturated heterocycles. The molecule has 10 heteroatoms. The van der Waals surface area contributed by atoms with Crippen molar-refractivity contribution in [2.75, 3.05) is 11.9 Å². The van der Waals surface area contributed by atoms with Crippen molar-refractivity contribution in [1.82, 2.24) is 15.1 Å². The van der Waals surface area contributed by atoms with Gasteiger partial charge >= 0.3 is 0 Å². The van der Waals surface area contributed by atoms with Gasteiger partial charge < -0.3 is 4.90 Å². The average molecular weight is 403 g/mol. The van der Waals surface area contributed by atoms with E-state index in [9.17, 15) is 13.2 Å². The van der Waals surface area contributed by atoms with Crippen LogP contribution in [0.15, 0.2) is 33.6 Å². The van der Waals surface area contributed by atoms with Gasteiger partial charge in [-0.05, 0) is 37.8 Å². The number of hydrogen-bond donors (Lipinski definition) is 1. The van der Waals surface area contributed by atoms with E-state index >= 15 is 0 Å². The number of anilines is 1. The van der Waals surface area contributed by atoms with Crippen molar-refractivity contribution in [2.24, 2.45) is 4.40 Å². The molecule has 27 heavy (non-hydrogen) atoms. The number of amidine groups is 1. The van der Waals surface area contributed by atoms with Crippen molar-refractivity contribution in [1.29, 1.82) is 0 Å². The van der Waals surface area contributed by atoms with Gasteiger partial charge in [-0.25, -0.2) is 0 Å². The summed E-state index contributed by atoms with van der Waals surface area (Å²) in [7, 11) is -3.71. The number of hydrogen-bond acceptors (Lipinski definition) is 7. The summed E-state index contributed by atoms with van der Waals surface area (Å²) in [4.78, 5) is 14.8. The van der Waals surface area contributed by atoms with E-state index in [1.165, 1.54) is 11.3 Å². The molecule has 5 rings (SSSR count). The summed E-state index contributed by atoms with van der Waals surface area (Å²) in [5, 5.41) is 12.5. The van der Waals surface area contributed by atoms with Crippen molar-refractivity contribution < 1.29 is 13.2 Å². The Bertz CT molecular complexity index is 1060. The van der Waals surface area contributed by atoms with Gasteiger partial charge in [0.2, 0.25) is 11.0 Å². The maximum Gasteiger partial charge on any atom is 0.285 e. The van der Waals surface area contributed by atoms with E-state index in [0.29, 0.717) is 35.4 Å². The van der Waals surface area contributed by atoms with E-state index in [4.69, 9.17) is 0 Å². The Hall–Kier alpha value is -2.33. The van der Waals surface area contributed by atoms with Gasteiger partial charge in [0.05, 0.1) is 0 Å². The van der Waals surface area contributed by atoms with Crippen LogP contribution in [-0.4, -0.2) is 47.8 Å². The highest BCUT2D eigenvalue weighted by Crippen LogP contribution is 2.42. The molecule has 140 valence electrons. The first kappa shape index (κ1) is 16.8. The van der Waals surface area contributed by atoms with Crippen LogP contribution in [0.25, 0.3) is 0 Å². The third-order valence-electron chi connectivity index (χ3n) is 5.04. The molecule has 1 saturated carbocycles. The van der Waals surface area contributed by atoms with E-state index in [0.717, 1.165) is 24.3 Å². The number of nitrogens with zero attached hydrogens (tertiary/aromatic N) is 4. The second kappa shape index (κ2) is 6.10. The minimum Gasteiger partial charge on any atom is -0.343 e. The molecule has 1 aromatic carbocycles. The van der Waals surface area contributed by atoms with Gasteiger partial charge in [-0.2, -0.15) is 8.42 Å². The van der Waals surface area contributed by atoms with Gasteiger partial charge in [0.1, 0.15) is 15.9 Å². The van der Waals surface area contributed by atoms with Crippen LogP contribution < -0.4 is 5.32 Å².